The van der Waals surface area contributed by atoms with E-state index in [0.29, 0.717) is 23.6 Å². The zero-order valence-electron chi connectivity index (χ0n) is 13.3. The molecule has 3 rings (SSSR count). The Kier molecular flexibility index (Phi) is 5.02. The van der Waals surface area contributed by atoms with E-state index < -0.39 is 0 Å². The van der Waals surface area contributed by atoms with Gasteiger partial charge in [0.1, 0.15) is 11.5 Å². The van der Waals surface area contributed by atoms with E-state index in [0.717, 1.165) is 22.6 Å². The van der Waals surface area contributed by atoms with E-state index in [9.17, 15) is 4.79 Å². The Balaban J connectivity index is 1.74. The number of hydrogen-bond donors (Lipinski definition) is 0. The Morgan fingerprint density at radius 3 is 2.58 bits per heavy atom. The Morgan fingerprint density at radius 1 is 1.08 bits per heavy atom. The molecule has 3 nitrogen and oxygen atoms in total. The molecule has 0 saturated heterocycles. The SMILES string of the molecule is CCOC(=O)c1ccc(-c2ccc(Cc3cccc(Cl)c3)o2)cc1. The summed E-state index contributed by atoms with van der Waals surface area (Å²) in [4.78, 5) is 11.7. The van der Waals surface area contributed by atoms with E-state index in [2.05, 4.69) is 0 Å². The molecule has 0 atom stereocenters. The lowest BCUT2D eigenvalue weighted by Crippen LogP contribution is -2.03. The molecule has 24 heavy (non-hydrogen) atoms. The first kappa shape index (κ1) is 16.3. The molecule has 0 fully saturated rings. The number of esters is 1. The van der Waals surface area contributed by atoms with Crippen molar-refractivity contribution in [3.05, 3.63) is 82.6 Å². The summed E-state index contributed by atoms with van der Waals surface area (Å²) < 4.78 is 10.9. The highest BCUT2D eigenvalue weighted by molar-refractivity contribution is 6.30. The molecule has 1 heterocycles. The molecule has 0 aliphatic carbocycles. The first-order chi connectivity index (χ1) is 11.7. The molecule has 0 aliphatic heterocycles. The Morgan fingerprint density at radius 2 is 1.88 bits per heavy atom. The number of ether oxygens (including phenoxy) is 1. The minimum Gasteiger partial charge on any atom is -0.462 e. The predicted octanol–water partition coefficient (Wildman–Crippen LogP) is 5.37. The quantitative estimate of drug-likeness (QED) is 0.586. The molecular formula is C20H17ClO3. The number of benzene rings is 2. The summed E-state index contributed by atoms with van der Waals surface area (Å²) in [5.41, 5.74) is 2.55. The van der Waals surface area contributed by atoms with Crippen molar-refractivity contribution in [3.8, 4) is 11.3 Å². The lowest BCUT2D eigenvalue weighted by atomic mass is 10.1. The van der Waals surface area contributed by atoms with Crippen LogP contribution in [-0.4, -0.2) is 12.6 Å². The molecule has 2 aromatic carbocycles. The molecule has 3 aromatic rings. The third kappa shape index (κ3) is 3.87. The molecule has 0 spiro atoms. The van der Waals surface area contributed by atoms with Crippen LogP contribution in [0.4, 0.5) is 0 Å². The maximum Gasteiger partial charge on any atom is 0.338 e. The van der Waals surface area contributed by atoms with Gasteiger partial charge in [-0.05, 0) is 48.9 Å². The fourth-order valence-corrected chi connectivity index (χ4v) is 2.67. The molecule has 0 saturated carbocycles. The fourth-order valence-electron chi connectivity index (χ4n) is 2.46. The van der Waals surface area contributed by atoms with Crippen molar-refractivity contribution in [3.63, 3.8) is 0 Å². The van der Waals surface area contributed by atoms with Gasteiger partial charge in [0, 0.05) is 17.0 Å². The summed E-state index contributed by atoms with van der Waals surface area (Å²) in [6.07, 6.45) is 0.682. The smallest absolute Gasteiger partial charge is 0.338 e. The lowest BCUT2D eigenvalue weighted by Gasteiger charge is -2.03. The van der Waals surface area contributed by atoms with Crippen molar-refractivity contribution in [1.82, 2.24) is 0 Å². The first-order valence-corrected chi connectivity index (χ1v) is 8.14. The highest BCUT2D eigenvalue weighted by atomic mass is 35.5. The van der Waals surface area contributed by atoms with E-state index in [4.69, 9.17) is 20.8 Å². The molecule has 122 valence electrons. The largest absolute Gasteiger partial charge is 0.462 e. The van der Waals surface area contributed by atoms with Gasteiger partial charge in [-0.3, -0.25) is 0 Å². The third-order valence-corrected chi connectivity index (χ3v) is 3.84. The number of halogens is 1. The van der Waals surface area contributed by atoms with Crippen molar-refractivity contribution in [2.24, 2.45) is 0 Å². The van der Waals surface area contributed by atoms with Gasteiger partial charge in [-0.2, -0.15) is 0 Å². The van der Waals surface area contributed by atoms with E-state index in [1.54, 1.807) is 19.1 Å². The van der Waals surface area contributed by atoms with Crippen LogP contribution in [0.5, 0.6) is 0 Å². The molecule has 4 heteroatoms. The van der Waals surface area contributed by atoms with E-state index in [-0.39, 0.29) is 5.97 Å². The van der Waals surface area contributed by atoms with Crippen LogP contribution in [0.25, 0.3) is 11.3 Å². The average molecular weight is 341 g/mol. The summed E-state index contributed by atoms with van der Waals surface area (Å²) in [6, 6.07) is 18.8. The van der Waals surface area contributed by atoms with E-state index in [1.807, 2.05) is 48.5 Å². The van der Waals surface area contributed by atoms with Crippen molar-refractivity contribution < 1.29 is 13.9 Å². The maximum absolute atomic E-state index is 11.7. The van der Waals surface area contributed by atoms with E-state index >= 15 is 0 Å². The van der Waals surface area contributed by atoms with Crippen LogP contribution in [-0.2, 0) is 11.2 Å². The average Bonchev–Trinajstić information content (AvgIpc) is 3.04. The van der Waals surface area contributed by atoms with Gasteiger partial charge in [-0.15, -0.1) is 0 Å². The van der Waals surface area contributed by atoms with Crippen LogP contribution in [0.15, 0.2) is 65.1 Å². The zero-order chi connectivity index (χ0) is 16.9. The summed E-state index contributed by atoms with van der Waals surface area (Å²) in [5.74, 6) is 1.31. The Bertz CT molecular complexity index is 834. The minimum atomic E-state index is -0.315. The van der Waals surface area contributed by atoms with Gasteiger partial charge in [0.15, 0.2) is 0 Å². The second kappa shape index (κ2) is 7.37. The van der Waals surface area contributed by atoms with Crippen LogP contribution in [0.2, 0.25) is 5.02 Å². The Labute approximate surface area is 145 Å². The number of hydrogen-bond acceptors (Lipinski definition) is 3. The third-order valence-electron chi connectivity index (χ3n) is 3.61. The van der Waals surface area contributed by atoms with Crippen LogP contribution in [0, 0.1) is 0 Å². The van der Waals surface area contributed by atoms with Gasteiger partial charge in [0.25, 0.3) is 0 Å². The summed E-state index contributed by atoms with van der Waals surface area (Å²) in [6.45, 7) is 2.15. The molecule has 0 N–H and O–H groups in total. The predicted molar refractivity (Wildman–Crippen MR) is 94.4 cm³/mol. The van der Waals surface area contributed by atoms with Gasteiger partial charge in [0.2, 0.25) is 0 Å². The highest BCUT2D eigenvalue weighted by Crippen LogP contribution is 2.24. The normalized spacial score (nSPS) is 10.6. The van der Waals surface area contributed by atoms with Gasteiger partial charge in [0.05, 0.1) is 12.2 Å². The number of furan rings is 1. The number of carbonyl (C=O) groups excluding carboxylic acids is 1. The fraction of sp³-hybridized carbons (Fsp3) is 0.150. The molecule has 1 aromatic heterocycles. The van der Waals surface area contributed by atoms with Gasteiger partial charge in [-0.25, -0.2) is 4.79 Å². The molecule has 0 radical (unpaired) electrons. The zero-order valence-corrected chi connectivity index (χ0v) is 14.0. The monoisotopic (exact) mass is 340 g/mol. The molecule has 0 amide bonds. The van der Waals surface area contributed by atoms with Crippen molar-refractivity contribution >= 4 is 17.6 Å². The van der Waals surface area contributed by atoms with Gasteiger partial charge in [-0.1, -0.05) is 35.9 Å². The first-order valence-electron chi connectivity index (χ1n) is 7.76. The van der Waals surface area contributed by atoms with Crippen molar-refractivity contribution in [2.75, 3.05) is 6.61 Å². The minimum absolute atomic E-state index is 0.315. The van der Waals surface area contributed by atoms with E-state index in [1.165, 1.54) is 0 Å². The summed E-state index contributed by atoms with van der Waals surface area (Å²) >= 11 is 6.01. The molecule has 0 unspecified atom stereocenters. The van der Waals surface area contributed by atoms with Crippen LogP contribution < -0.4 is 0 Å². The maximum atomic E-state index is 11.7. The second-order valence-electron chi connectivity index (χ2n) is 5.37. The highest BCUT2D eigenvalue weighted by Gasteiger charge is 2.09. The second-order valence-corrected chi connectivity index (χ2v) is 5.81. The van der Waals surface area contributed by atoms with Crippen molar-refractivity contribution in [1.29, 1.82) is 0 Å². The standard InChI is InChI=1S/C20H17ClO3/c1-2-23-20(22)16-8-6-15(7-9-16)19-11-10-18(24-19)13-14-4-3-5-17(21)12-14/h3-12H,2,13H2,1H3. The lowest BCUT2D eigenvalue weighted by molar-refractivity contribution is 0.0526. The summed E-state index contributed by atoms with van der Waals surface area (Å²) in [7, 11) is 0. The number of carbonyl (C=O) groups is 1. The number of rotatable bonds is 5. The molecule has 0 bridgehead atoms. The molecule has 0 aliphatic rings. The van der Waals surface area contributed by atoms with Crippen LogP contribution >= 0.6 is 11.6 Å². The van der Waals surface area contributed by atoms with Crippen molar-refractivity contribution in [2.45, 2.75) is 13.3 Å². The van der Waals surface area contributed by atoms with Crippen LogP contribution in [0.3, 0.4) is 0 Å². The molecular weight excluding hydrogens is 324 g/mol. The van der Waals surface area contributed by atoms with Gasteiger partial charge >= 0.3 is 5.97 Å². The topological polar surface area (TPSA) is 39.4 Å². The van der Waals surface area contributed by atoms with Crippen LogP contribution in [0.1, 0.15) is 28.6 Å². The van der Waals surface area contributed by atoms with Gasteiger partial charge < -0.3 is 9.15 Å². The summed E-state index contributed by atoms with van der Waals surface area (Å²) in [5, 5.41) is 0.717. The Hall–Kier alpha value is -2.52.